The lowest BCUT2D eigenvalue weighted by atomic mass is 10.1. The molecule has 0 bridgehead atoms. The molecule has 4 heteroatoms. The molecule has 0 aliphatic carbocycles. The van der Waals surface area contributed by atoms with Crippen molar-refractivity contribution < 1.29 is 4.79 Å². The van der Waals surface area contributed by atoms with E-state index in [1.165, 1.54) is 4.88 Å². The Hall–Kier alpha value is -0.900. The first kappa shape index (κ1) is 12.2. The van der Waals surface area contributed by atoms with Gasteiger partial charge in [-0.3, -0.25) is 4.79 Å². The predicted molar refractivity (Wildman–Crippen MR) is 64.3 cm³/mol. The summed E-state index contributed by atoms with van der Waals surface area (Å²) in [6.45, 7) is 8.29. The molecule has 0 radical (unpaired) electrons. The minimum atomic E-state index is 0.0506. The fraction of sp³-hybridized carbons (Fsp3) is 0.636. The summed E-state index contributed by atoms with van der Waals surface area (Å²) in [5.74, 6) is 0.905. The molecule has 0 aliphatic heterocycles. The first-order valence-electron chi connectivity index (χ1n) is 5.24. The van der Waals surface area contributed by atoms with E-state index in [2.05, 4.69) is 24.1 Å². The Morgan fingerprint density at radius 1 is 1.47 bits per heavy atom. The van der Waals surface area contributed by atoms with Crippen LogP contribution in [-0.4, -0.2) is 10.9 Å². The zero-order valence-corrected chi connectivity index (χ0v) is 10.5. The van der Waals surface area contributed by atoms with E-state index in [1.807, 2.05) is 20.0 Å². The number of anilines is 1. The number of nitrogens with one attached hydrogen (secondary N) is 1. The molecule has 0 aromatic carbocycles. The van der Waals surface area contributed by atoms with Gasteiger partial charge in [0.1, 0.15) is 0 Å². The Morgan fingerprint density at radius 2 is 2.13 bits per heavy atom. The Kier molecular flexibility index (Phi) is 4.27. The number of aromatic nitrogens is 1. The molecule has 0 saturated heterocycles. The number of hydrogen-bond donors (Lipinski definition) is 1. The molecule has 15 heavy (non-hydrogen) atoms. The van der Waals surface area contributed by atoms with Crippen molar-refractivity contribution in [2.75, 3.05) is 5.32 Å². The molecule has 0 unspecified atom stereocenters. The van der Waals surface area contributed by atoms with Crippen LogP contribution in [0.3, 0.4) is 0 Å². The summed E-state index contributed by atoms with van der Waals surface area (Å²) in [5, 5.41) is 3.53. The van der Waals surface area contributed by atoms with E-state index >= 15 is 0 Å². The van der Waals surface area contributed by atoms with Crippen LogP contribution in [0.15, 0.2) is 6.20 Å². The predicted octanol–water partition coefficient (Wildman–Crippen LogP) is 3.25. The first-order chi connectivity index (χ1) is 6.99. The van der Waals surface area contributed by atoms with Gasteiger partial charge < -0.3 is 5.32 Å². The Morgan fingerprint density at radius 3 is 2.60 bits per heavy atom. The number of hydrogen-bond acceptors (Lipinski definition) is 3. The second-order valence-corrected chi connectivity index (χ2v) is 5.43. The van der Waals surface area contributed by atoms with Gasteiger partial charge in [-0.2, -0.15) is 0 Å². The van der Waals surface area contributed by atoms with E-state index < -0.39 is 0 Å². The third-order valence-electron chi connectivity index (χ3n) is 1.93. The number of thiazole rings is 1. The van der Waals surface area contributed by atoms with Crippen molar-refractivity contribution in [3.8, 4) is 0 Å². The van der Waals surface area contributed by atoms with Gasteiger partial charge in [0.15, 0.2) is 5.13 Å². The molecule has 0 atom stereocenters. The molecule has 1 amide bonds. The Bertz CT molecular complexity index is 331. The smallest absolute Gasteiger partial charge is 0.226 e. The largest absolute Gasteiger partial charge is 0.302 e. The average Bonchev–Trinajstić information content (AvgIpc) is 2.50. The molecular formula is C11H18N2OS. The maximum atomic E-state index is 11.5. The van der Waals surface area contributed by atoms with E-state index in [0.717, 1.165) is 0 Å². The average molecular weight is 226 g/mol. The topological polar surface area (TPSA) is 42.0 Å². The highest BCUT2D eigenvalue weighted by Crippen LogP contribution is 2.25. The van der Waals surface area contributed by atoms with E-state index in [1.54, 1.807) is 11.3 Å². The lowest BCUT2D eigenvalue weighted by molar-refractivity contribution is -0.116. The van der Waals surface area contributed by atoms with Crippen LogP contribution in [0.25, 0.3) is 0 Å². The van der Waals surface area contributed by atoms with Crippen molar-refractivity contribution in [2.45, 2.75) is 40.0 Å². The van der Waals surface area contributed by atoms with Crippen molar-refractivity contribution in [3.05, 3.63) is 11.1 Å². The molecule has 0 fully saturated rings. The second-order valence-electron chi connectivity index (χ2n) is 4.37. The van der Waals surface area contributed by atoms with E-state index in [-0.39, 0.29) is 5.91 Å². The van der Waals surface area contributed by atoms with Crippen LogP contribution in [0.2, 0.25) is 0 Å². The summed E-state index contributed by atoms with van der Waals surface area (Å²) in [7, 11) is 0. The second kappa shape index (κ2) is 5.26. The van der Waals surface area contributed by atoms with E-state index in [9.17, 15) is 4.79 Å². The number of carbonyl (C=O) groups excluding carboxylic acids is 1. The first-order valence-corrected chi connectivity index (χ1v) is 6.06. The Balaban J connectivity index is 2.53. The van der Waals surface area contributed by atoms with Gasteiger partial charge in [-0.15, -0.1) is 11.3 Å². The summed E-state index contributed by atoms with van der Waals surface area (Å²) in [5.41, 5.74) is 0. The lowest BCUT2D eigenvalue weighted by Gasteiger charge is -2.03. The zero-order chi connectivity index (χ0) is 11.4. The molecule has 0 aliphatic rings. The van der Waals surface area contributed by atoms with Crippen molar-refractivity contribution in [1.29, 1.82) is 0 Å². The van der Waals surface area contributed by atoms with Crippen LogP contribution >= 0.6 is 11.3 Å². The van der Waals surface area contributed by atoms with Gasteiger partial charge in [0.2, 0.25) is 5.91 Å². The SMILES string of the molecule is CC(C)CC(=O)Nc1ncc(C(C)C)s1. The van der Waals surface area contributed by atoms with E-state index in [4.69, 9.17) is 0 Å². The van der Waals surface area contributed by atoms with Gasteiger partial charge >= 0.3 is 0 Å². The highest BCUT2D eigenvalue weighted by molar-refractivity contribution is 7.15. The minimum absolute atomic E-state index is 0.0506. The van der Waals surface area contributed by atoms with Crippen LogP contribution in [0.5, 0.6) is 0 Å². The molecular weight excluding hydrogens is 208 g/mol. The maximum absolute atomic E-state index is 11.5. The maximum Gasteiger partial charge on any atom is 0.226 e. The van der Waals surface area contributed by atoms with Crippen LogP contribution in [0, 0.1) is 5.92 Å². The van der Waals surface area contributed by atoms with Gasteiger partial charge in [-0.1, -0.05) is 27.7 Å². The fourth-order valence-corrected chi connectivity index (χ4v) is 1.99. The molecule has 1 aromatic rings. The standard InChI is InChI=1S/C11H18N2OS/c1-7(2)5-10(14)13-11-12-6-9(15-11)8(3)4/h6-8H,5H2,1-4H3,(H,12,13,14). The summed E-state index contributed by atoms with van der Waals surface area (Å²) < 4.78 is 0. The summed E-state index contributed by atoms with van der Waals surface area (Å²) >= 11 is 1.55. The van der Waals surface area contributed by atoms with Crippen LogP contribution in [-0.2, 0) is 4.79 Å². The molecule has 1 aromatic heterocycles. The highest BCUT2D eigenvalue weighted by atomic mass is 32.1. The summed E-state index contributed by atoms with van der Waals surface area (Å²) in [4.78, 5) is 16.8. The minimum Gasteiger partial charge on any atom is -0.302 e. The van der Waals surface area contributed by atoms with Gasteiger partial charge in [0.05, 0.1) is 0 Å². The van der Waals surface area contributed by atoms with Gasteiger partial charge in [-0.25, -0.2) is 4.98 Å². The fourth-order valence-electron chi connectivity index (χ4n) is 1.15. The van der Waals surface area contributed by atoms with Crippen LogP contribution < -0.4 is 5.32 Å². The van der Waals surface area contributed by atoms with Gasteiger partial charge in [0.25, 0.3) is 0 Å². The van der Waals surface area contributed by atoms with Crippen molar-refractivity contribution in [1.82, 2.24) is 4.98 Å². The number of nitrogens with zero attached hydrogens (tertiary/aromatic N) is 1. The molecule has 84 valence electrons. The number of amides is 1. The van der Waals surface area contributed by atoms with Crippen molar-refractivity contribution in [2.24, 2.45) is 5.92 Å². The van der Waals surface area contributed by atoms with Crippen LogP contribution in [0.4, 0.5) is 5.13 Å². The summed E-state index contributed by atoms with van der Waals surface area (Å²) in [6, 6.07) is 0. The molecule has 0 saturated carbocycles. The number of carbonyl (C=O) groups is 1. The monoisotopic (exact) mass is 226 g/mol. The van der Waals surface area contributed by atoms with Gasteiger partial charge in [0, 0.05) is 17.5 Å². The molecule has 1 N–H and O–H groups in total. The number of rotatable bonds is 4. The quantitative estimate of drug-likeness (QED) is 0.856. The Labute approximate surface area is 94.9 Å². The highest BCUT2D eigenvalue weighted by Gasteiger charge is 2.09. The third-order valence-corrected chi connectivity index (χ3v) is 3.15. The summed E-state index contributed by atoms with van der Waals surface area (Å²) in [6.07, 6.45) is 2.39. The van der Waals surface area contributed by atoms with Crippen molar-refractivity contribution >= 4 is 22.4 Å². The zero-order valence-electron chi connectivity index (χ0n) is 9.70. The van der Waals surface area contributed by atoms with Gasteiger partial charge in [-0.05, 0) is 11.8 Å². The third kappa shape index (κ3) is 4.00. The van der Waals surface area contributed by atoms with Crippen LogP contribution in [0.1, 0.15) is 44.9 Å². The van der Waals surface area contributed by atoms with Crippen molar-refractivity contribution in [3.63, 3.8) is 0 Å². The molecule has 0 spiro atoms. The van der Waals surface area contributed by atoms with E-state index in [0.29, 0.717) is 23.4 Å². The molecule has 1 rings (SSSR count). The molecule has 1 heterocycles. The lowest BCUT2D eigenvalue weighted by Crippen LogP contribution is -2.13. The normalized spacial score (nSPS) is 11.1. The molecule has 3 nitrogen and oxygen atoms in total.